The van der Waals surface area contributed by atoms with Crippen molar-refractivity contribution in [2.45, 2.75) is 19.4 Å². The van der Waals surface area contributed by atoms with E-state index in [0.29, 0.717) is 23.1 Å². The lowest BCUT2D eigenvalue weighted by Gasteiger charge is -2.15. The molecule has 150 valence electrons. The third-order valence-corrected chi connectivity index (χ3v) is 5.06. The molecule has 0 aliphatic rings. The molecule has 30 heavy (non-hydrogen) atoms. The summed E-state index contributed by atoms with van der Waals surface area (Å²) in [5.41, 5.74) is 1.84. The number of rotatable bonds is 5. The van der Waals surface area contributed by atoms with Crippen LogP contribution in [0.1, 0.15) is 40.0 Å². The average molecular weight is 400 g/mol. The van der Waals surface area contributed by atoms with Crippen LogP contribution in [0.2, 0.25) is 0 Å². The lowest BCUT2D eigenvalue weighted by molar-refractivity contribution is 0.0950. The van der Waals surface area contributed by atoms with Crippen LogP contribution in [0, 0.1) is 0 Å². The number of nitrogens with one attached hydrogen (secondary N) is 1. The molecular formula is C24H20N2O4. The molecule has 0 saturated heterocycles. The quantitative estimate of drug-likeness (QED) is 0.495. The van der Waals surface area contributed by atoms with Crippen LogP contribution in [0.15, 0.2) is 82.1 Å². The van der Waals surface area contributed by atoms with Gasteiger partial charge in [-0.3, -0.25) is 9.78 Å². The first-order valence-electron chi connectivity index (χ1n) is 9.57. The molecule has 6 heteroatoms. The van der Waals surface area contributed by atoms with Gasteiger partial charge < -0.3 is 14.8 Å². The molecule has 2 heterocycles. The number of carbonyl (C=O) groups is 1. The van der Waals surface area contributed by atoms with Gasteiger partial charge in [-0.15, -0.1) is 0 Å². The van der Waals surface area contributed by atoms with E-state index in [1.807, 2.05) is 24.3 Å². The molecule has 1 amide bonds. The summed E-state index contributed by atoms with van der Waals surface area (Å²) in [7, 11) is 0. The van der Waals surface area contributed by atoms with Gasteiger partial charge in [0.2, 0.25) is 0 Å². The molecule has 4 rings (SSSR count). The highest BCUT2D eigenvalue weighted by atomic mass is 16.4. The van der Waals surface area contributed by atoms with Gasteiger partial charge >= 0.3 is 5.63 Å². The summed E-state index contributed by atoms with van der Waals surface area (Å²) in [6, 6.07) is 19.3. The molecule has 2 N–H and O–H groups in total. The predicted octanol–water partition coefficient (Wildman–Crippen LogP) is 3.98. The Kier molecular flexibility index (Phi) is 5.30. The monoisotopic (exact) mass is 400 g/mol. The second kappa shape index (κ2) is 8.21. The highest BCUT2D eigenvalue weighted by molar-refractivity contribution is 5.94. The van der Waals surface area contributed by atoms with Crippen LogP contribution in [-0.4, -0.2) is 16.0 Å². The van der Waals surface area contributed by atoms with Crippen LogP contribution < -0.4 is 10.9 Å². The lowest BCUT2D eigenvalue weighted by Crippen LogP contribution is -2.23. The number of benzene rings is 2. The van der Waals surface area contributed by atoms with Crippen molar-refractivity contribution in [3.63, 3.8) is 0 Å². The molecule has 0 saturated carbocycles. The maximum Gasteiger partial charge on any atom is 0.343 e. The van der Waals surface area contributed by atoms with E-state index in [2.05, 4.69) is 10.3 Å². The molecule has 0 bridgehead atoms. The zero-order valence-electron chi connectivity index (χ0n) is 16.3. The van der Waals surface area contributed by atoms with Gasteiger partial charge in [0.25, 0.3) is 5.91 Å². The Balaban J connectivity index is 1.61. The number of nitrogens with zero attached hydrogens (tertiary/aromatic N) is 1. The number of fused-ring (bicyclic) bond motifs is 1. The Morgan fingerprint density at radius 3 is 2.70 bits per heavy atom. The van der Waals surface area contributed by atoms with Crippen molar-refractivity contribution < 1.29 is 14.3 Å². The third kappa shape index (κ3) is 3.80. The number of pyridine rings is 1. The number of carbonyl (C=O) groups excluding carboxylic acids is 1. The molecule has 1 unspecified atom stereocenters. The highest BCUT2D eigenvalue weighted by Gasteiger charge is 2.21. The van der Waals surface area contributed by atoms with Crippen molar-refractivity contribution in [3.05, 3.63) is 106 Å². The van der Waals surface area contributed by atoms with Crippen LogP contribution in [0.25, 0.3) is 11.0 Å². The van der Waals surface area contributed by atoms with Crippen molar-refractivity contribution in [3.8, 4) is 5.75 Å². The standard InChI is InChI=1S/C24H20N2O4/c1-15(21-22(27)19-10-2-3-11-20(19)30-24(21)29)16-7-6-8-17(13-16)23(28)26-14-18-9-4-5-12-25-18/h2-13,15,27H,14H2,1H3,(H,26,28). The fourth-order valence-electron chi connectivity index (χ4n) is 3.42. The number of hydrogen-bond acceptors (Lipinski definition) is 5. The van der Waals surface area contributed by atoms with Crippen molar-refractivity contribution in [2.75, 3.05) is 0 Å². The van der Waals surface area contributed by atoms with E-state index in [1.165, 1.54) is 0 Å². The average Bonchev–Trinajstić information content (AvgIpc) is 2.78. The largest absolute Gasteiger partial charge is 0.507 e. The summed E-state index contributed by atoms with van der Waals surface area (Å²) >= 11 is 0. The number of para-hydroxylation sites is 1. The van der Waals surface area contributed by atoms with Crippen LogP contribution in [0.4, 0.5) is 0 Å². The molecular weight excluding hydrogens is 380 g/mol. The maximum absolute atomic E-state index is 12.6. The molecule has 0 aliphatic heterocycles. The van der Waals surface area contributed by atoms with E-state index in [1.54, 1.807) is 55.6 Å². The Morgan fingerprint density at radius 2 is 1.90 bits per heavy atom. The minimum Gasteiger partial charge on any atom is -0.507 e. The summed E-state index contributed by atoms with van der Waals surface area (Å²) < 4.78 is 5.38. The lowest BCUT2D eigenvalue weighted by atomic mass is 9.91. The van der Waals surface area contributed by atoms with Gasteiger partial charge in [0.1, 0.15) is 11.3 Å². The van der Waals surface area contributed by atoms with Crippen LogP contribution in [0.5, 0.6) is 5.75 Å². The second-order valence-corrected chi connectivity index (χ2v) is 7.00. The smallest absolute Gasteiger partial charge is 0.343 e. The van der Waals surface area contributed by atoms with E-state index in [9.17, 15) is 14.7 Å². The molecule has 1 atom stereocenters. The molecule has 0 aliphatic carbocycles. The zero-order valence-corrected chi connectivity index (χ0v) is 16.3. The summed E-state index contributed by atoms with van der Waals surface area (Å²) in [6.45, 7) is 2.11. The van der Waals surface area contributed by atoms with Gasteiger partial charge in [-0.1, -0.05) is 37.3 Å². The molecule has 0 fully saturated rings. The van der Waals surface area contributed by atoms with E-state index < -0.39 is 11.5 Å². The van der Waals surface area contributed by atoms with Crippen molar-refractivity contribution in [2.24, 2.45) is 0 Å². The van der Waals surface area contributed by atoms with Gasteiger partial charge in [0.05, 0.1) is 23.2 Å². The van der Waals surface area contributed by atoms with E-state index in [-0.39, 0.29) is 17.2 Å². The minimum absolute atomic E-state index is 0.0978. The van der Waals surface area contributed by atoms with Gasteiger partial charge in [-0.25, -0.2) is 4.79 Å². The number of amides is 1. The highest BCUT2D eigenvalue weighted by Crippen LogP contribution is 2.33. The Morgan fingerprint density at radius 1 is 1.10 bits per heavy atom. The number of aromatic hydroxyl groups is 1. The van der Waals surface area contributed by atoms with Crippen molar-refractivity contribution >= 4 is 16.9 Å². The molecule has 0 radical (unpaired) electrons. The van der Waals surface area contributed by atoms with Crippen molar-refractivity contribution in [1.29, 1.82) is 0 Å². The fourth-order valence-corrected chi connectivity index (χ4v) is 3.42. The van der Waals surface area contributed by atoms with Crippen LogP contribution in [-0.2, 0) is 6.54 Å². The molecule has 4 aromatic rings. The predicted molar refractivity (Wildman–Crippen MR) is 114 cm³/mol. The van der Waals surface area contributed by atoms with E-state index in [0.717, 1.165) is 11.3 Å². The molecule has 2 aromatic heterocycles. The first kappa shape index (κ1) is 19.4. The SMILES string of the molecule is CC(c1cccc(C(=O)NCc2ccccn2)c1)c1c(O)c2ccccc2oc1=O. The van der Waals surface area contributed by atoms with Crippen molar-refractivity contribution in [1.82, 2.24) is 10.3 Å². The Labute approximate surface area is 172 Å². The van der Waals surface area contributed by atoms with E-state index in [4.69, 9.17) is 4.42 Å². The summed E-state index contributed by atoms with van der Waals surface area (Å²) in [6.07, 6.45) is 1.67. The zero-order chi connectivity index (χ0) is 21.1. The fraction of sp³-hybridized carbons (Fsp3) is 0.125. The number of hydrogen-bond donors (Lipinski definition) is 2. The molecule has 0 spiro atoms. The van der Waals surface area contributed by atoms with E-state index >= 15 is 0 Å². The summed E-state index contributed by atoms with van der Waals surface area (Å²) in [5, 5.41) is 14.0. The third-order valence-electron chi connectivity index (χ3n) is 5.06. The normalized spacial score (nSPS) is 11.9. The topological polar surface area (TPSA) is 92.4 Å². The first-order valence-corrected chi connectivity index (χ1v) is 9.57. The first-order chi connectivity index (χ1) is 14.5. The van der Waals surface area contributed by atoms with Gasteiger partial charge in [0.15, 0.2) is 0 Å². The minimum atomic E-state index is -0.594. The van der Waals surface area contributed by atoms with Gasteiger partial charge in [0, 0.05) is 17.7 Å². The molecule has 2 aromatic carbocycles. The van der Waals surface area contributed by atoms with Gasteiger partial charge in [-0.2, -0.15) is 0 Å². The second-order valence-electron chi connectivity index (χ2n) is 7.00. The maximum atomic E-state index is 12.6. The number of aromatic nitrogens is 1. The molecule has 6 nitrogen and oxygen atoms in total. The van der Waals surface area contributed by atoms with Crippen LogP contribution in [0.3, 0.4) is 0 Å². The van der Waals surface area contributed by atoms with Crippen LogP contribution >= 0.6 is 0 Å². The Bertz CT molecular complexity index is 1270. The summed E-state index contributed by atoms with van der Waals surface area (Å²) in [4.78, 5) is 29.3. The van der Waals surface area contributed by atoms with Gasteiger partial charge in [-0.05, 0) is 42.0 Å². The summed E-state index contributed by atoms with van der Waals surface area (Å²) in [5.74, 6) is -0.807. The Hall–Kier alpha value is -3.93.